The van der Waals surface area contributed by atoms with E-state index < -0.39 is 31.8 Å². The number of aliphatic hydroxyl groups is 1. The molecule has 0 aliphatic carbocycles. The van der Waals surface area contributed by atoms with E-state index in [0.29, 0.717) is 61.7 Å². The fraction of sp³-hybridized carbons (Fsp3) is 0.520. The number of ether oxygens (including phenoxy) is 2. The molecule has 0 unspecified atom stereocenters. The lowest BCUT2D eigenvalue weighted by Gasteiger charge is -2.38. The molecule has 1 spiro atoms. The largest absolute Gasteiger partial charge is 0.491 e. The molecular weight excluding hydrogens is 560 g/mol. The van der Waals surface area contributed by atoms with Crippen molar-refractivity contribution in [2.24, 2.45) is 0 Å². The molecule has 2 saturated heterocycles. The van der Waals surface area contributed by atoms with E-state index in [9.17, 15) is 21.9 Å². The van der Waals surface area contributed by atoms with E-state index in [1.165, 1.54) is 29.7 Å². The molecule has 2 fully saturated rings. The van der Waals surface area contributed by atoms with E-state index in [0.717, 1.165) is 0 Å². The number of H-pyrrole nitrogens is 1. The lowest BCUT2D eigenvalue weighted by atomic mass is 9.88. The quantitative estimate of drug-likeness (QED) is 0.259. The number of pyridine rings is 1. The van der Waals surface area contributed by atoms with Gasteiger partial charge in [-0.15, -0.1) is 0 Å². The van der Waals surface area contributed by atoms with Gasteiger partial charge in [0.25, 0.3) is 0 Å². The van der Waals surface area contributed by atoms with E-state index in [1.807, 2.05) is 0 Å². The number of aromatic nitrogens is 3. The first-order valence-corrected chi connectivity index (χ1v) is 16.0. The molecule has 4 heterocycles. The van der Waals surface area contributed by atoms with Crippen molar-refractivity contribution in [2.75, 3.05) is 39.9 Å². The molecule has 218 valence electrons. The molecule has 13 nitrogen and oxygen atoms in total. The molecule has 2 aromatic heterocycles. The van der Waals surface area contributed by atoms with Crippen molar-refractivity contribution in [1.29, 1.82) is 0 Å². The predicted molar refractivity (Wildman–Crippen MR) is 146 cm³/mol. The summed E-state index contributed by atoms with van der Waals surface area (Å²) in [5.41, 5.74) is 0.660. The number of aryl methyl sites for hydroxylation is 1. The lowest BCUT2D eigenvalue weighted by Crippen LogP contribution is -2.47. The van der Waals surface area contributed by atoms with Gasteiger partial charge in [-0.3, -0.25) is 0 Å². The zero-order valence-corrected chi connectivity index (χ0v) is 24.0. The van der Waals surface area contributed by atoms with Gasteiger partial charge in [0, 0.05) is 37.9 Å². The van der Waals surface area contributed by atoms with Gasteiger partial charge in [-0.05, 0) is 51.4 Å². The molecule has 1 aromatic carbocycles. The molecule has 2 aliphatic rings. The minimum absolute atomic E-state index is 0.0112. The van der Waals surface area contributed by atoms with E-state index in [4.69, 9.17) is 9.47 Å². The third kappa shape index (κ3) is 6.15. The van der Waals surface area contributed by atoms with Crippen LogP contribution >= 0.6 is 0 Å². The molecule has 0 amide bonds. The maximum Gasteiger partial charge on any atom is 0.244 e. The second kappa shape index (κ2) is 11.3. The molecule has 40 heavy (non-hydrogen) atoms. The van der Waals surface area contributed by atoms with Crippen molar-refractivity contribution >= 4 is 31.2 Å². The second-order valence-electron chi connectivity index (χ2n) is 10.2. The molecule has 3 aromatic rings. The summed E-state index contributed by atoms with van der Waals surface area (Å²) in [7, 11) is -5.95. The van der Waals surface area contributed by atoms with Crippen molar-refractivity contribution < 1.29 is 31.4 Å². The Morgan fingerprint density at radius 1 is 1.23 bits per heavy atom. The van der Waals surface area contributed by atoms with Gasteiger partial charge in [-0.1, -0.05) is 6.07 Å². The Balaban J connectivity index is 1.09. The standard InChI is InChI=1S/C25H34N6O7S2/c1-17-29-23-11-22(14-28-24(23)30-17)40(35,36)31-8-6-25(7-9-31)12-18(15-38-25)27-13-19(32)16-37-20-4-3-5-21(10-20)39(33,34)26-2/h3-5,10-11,14,18-19,26-27,32H,6-9,12-13,15-16H2,1-2H3,(H,28,29,30)/t18-,19+/m1/s1. The number of aromatic amines is 1. The number of sulfonamides is 2. The Morgan fingerprint density at radius 2 is 2.00 bits per heavy atom. The van der Waals surface area contributed by atoms with Crippen LogP contribution < -0.4 is 14.8 Å². The SMILES string of the molecule is CNS(=O)(=O)c1cccc(OC[C@@H](O)CN[C@H]2COC3(CCN(S(=O)(=O)c4cnc5nc(C)[nH]c5c4)CC3)C2)c1. The summed E-state index contributed by atoms with van der Waals surface area (Å²) < 4.78 is 65.9. The van der Waals surface area contributed by atoms with Crippen LogP contribution in [0.4, 0.5) is 0 Å². The Kier molecular flexibility index (Phi) is 8.16. The van der Waals surface area contributed by atoms with Crippen LogP contribution in [0.15, 0.2) is 46.3 Å². The number of nitrogens with one attached hydrogen (secondary N) is 3. The monoisotopic (exact) mass is 594 g/mol. The van der Waals surface area contributed by atoms with Gasteiger partial charge < -0.3 is 24.9 Å². The van der Waals surface area contributed by atoms with Crippen molar-refractivity contribution in [2.45, 2.75) is 53.7 Å². The van der Waals surface area contributed by atoms with Crippen molar-refractivity contribution in [3.05, 3.63) is 42.4 Å². The zero-order valence-electron chi connectivity index (χ0n) is 22.3. The predicted octanol–water partition coefficient (Wildman–Crippen LogP) is 0.516. The third-order valence-electron chi connectivity index (χ3n) is 7.38. The van der Waals surface area contributed by atoms with E-state index in [2.05, 4.69) is 25.0 Å². The van der Waals surface area contributed by atoms with Gasteiger partial charge in [-0.25, -0.2) is 31.5 Å². The molecule has 4 N–H and O–H groups in total. The summed E-state index contributed by atoms with van der Waals surface area (Å²) in [6.45, 7) is 3.19. The summed E-state index contributed by atoms with van der Waals surface area (Å²) in [6.07, 6.45) is 2.38. The van der Waals surface area contributed by atoms with Crippen molar-refractivity contribution in [3.8, 4) is 5.75 Å². The van der Waals surface area contributed by atoms with Crippen LogP contribution in [-0.2, 0) is 24.8 Å². The fourth-order valence-corrected chi connectivity index (χ4v) is 7.33. The highest BCUT2D eigenvalue weighted by Gasteiger charge is 2.44. The average molecular weight is 595 g/mol. The van der Waals surface area contributed by atoms with Gasteiger partial charge in [-0.2, -0.15) is 4.31 Å². The van der Waals surface area contributed by atoms with Crippen LogP contribution in [0.3, 0.4) is 0 Å². The molecular formula is C25H34N6O7S2. The van der Waals surface area contributed by atoms with Gasteiger partial charge in [0.15, 0.2) is 5.65 Å². The summed E-state index contributed by atoms with van der Waals surface area (Å²) in [6, 6.07) is 7.65. The highest BCUT2D eigenvalue weighted by molar-refractivity contribution is 7.89. The van der Waals surface area contributed by atoms with Crippen molar-refractivity contribution in [1.82, 2.24) is 29.3 Å². The summed E-state index contributed by atoms with van der Waals surface area (Å²) in [5.74, 6) is 1.02. The van der Waals surface area contributed by atoms with Crippen LogP contribution in [0.2, 0.25) is 0 Å². The van der Waals surface area contributed by atoms with Crippen LogP contribution in [0, 0.1) is 6.92 Å². The first-order valence-electron chi connectivity index (χ1n) is 13.0. The number of nitrogens with zero attached hydrogens (tertiary/aromatic N) is 3. The minimum atomic E-state index is -3.70. The van der Waals surface area contributed by atoms with Gasteiger partial charge in [0.05, 0.1) is 22.6 Å². The van der Waals surface area contributed by atoms with Crippen LogP contribution in [0.1, 0.15) is 25.1 Å². The molecule has 2 aliphatic heterocycles. The Hall–Kier alpha value is -2.66. The Bertz CT molecular complexity index is 1570. The van der Waals surface area contributed by atoms with E-state index >= 15 is 0 Å². The number of rotatable bonds is 10. The maximum absolute atomic E-state index is 13.3. The number of hydrogen-bond acceptors (Lipinski definition) is 10. The zero-order chi connectivity index (χ0) is 28.5. The van der Waals surface area contributed by atoms with E-state index in [-0.39, 0.29) is 29.0 Å². The van der Waals surface area contributed by atoms with Crippen LogP contribution in [-0.4, -0.2) is 98.8 Å². The number of piperidine rings is 1. The van der Waals surface area contributed by atoms with Crippen LogP contribution in [0.5, 0.6) is 5.75 Å². The molecule has 0 radical (unpaired) electrons. The topological polar surface area (TPSA) is 176 Å². The third-order valence-corrected chi connectivity index (χ3v) is 10.7. The molecule has 5 rings (SSSR count). The molecule has 2 atom stereocenters. The summed E-state index contributed by atoms with van der Waals surface area (Å²) in [4.78, 5) is 11.7. The normalized spacial score (nSPS) is 20.7. The first kappa shape index (κ1) is 28.9. The van der Waals surface area contributed by atoms with Crippen LogP contribution in [0.25, 0.3) is 11.2 Å². The maximum atomic E-state index is 13.3. The highest BCUT2D eigenvalue weighted by Crippen LogP contribution is 2.37. The van der Waals surface area contributed by atoms with Crippen molar-refractivity contribution in [3.63, 3.8) is 0 Å². The fourth-order valence-electron chi connectivity index (χ4n) is 5.15. The van der Waals surface area contributed by atoms with E-state index in [1.54, 1.807) is 25.1 Å². The highest BCUT2D eigenvalue weighted by atomic mass is 32.2. The Labute approximate surface area is 233 Å². The number of aliphatic hydroxyl groups excluding tert-OH is 1. The number of imidazole rings is 1. The second-order valence-corrected chi connectivity index (χ2v) is 14.0. The smallest absolute Gasteiger partial charge is 0.244 e. The summed E-state index contributed by atoms with van der Waals surface area (Å²) >= 11 is 0. The van der Waals surface area contributed by atoms with Gasteiger partial charge in [0.2, 0.25) is 20.0 Å². The van der Waals surface area contributed by atoms with Gasteiger partial charge in [0.1, 0.15) is 29.2 Å². The number of hydrogen-bond donors (Lipinski definition) is 4. The average Bonchev–Trinajstić information content (AvgIpc) is 3.52. The Morgan fingerprint density at radius 3 is 2.75 bits per heavy atom. The molecule has 0 saturated carbocycles. The van der Waals surface area contributed by atoms with Gasteiger partial charge >= 0.3 is 0 Å². The minimum Gasteiger partial charge on any atom is -0.491 e. The number of benzene rings is 1. The first-order chi connectivity index (χ1) is 19.0. The lowest BCUT2D eigenvalue weighted by molar-refractivity contribution is -0.0312. The molecule has 0 bridgehead atoms. The summed E-state index contributed by atoms with van der Waals surface area (Å²) in [5, 5.41) is 13.7. The number of fused-ring (bicyclic) bond motifs is 1. The molecule has 15 heteroatoms.